The SMILES string of the molecule is CCCCC(C)(CBr)OCC. The second-order valence-electron chi connectivity index (χ2n) is 3.12. The first-order chi connectivity index (χ1) is 5.18. The molecule has 0 saturated heterocycles. The average Bonchev–Trinajstić information content (AvgIpc) is 2.02. The van der Waals surface area contributed by atoms with E-state index in [1.165, 1.54) is 12.8 Å². The van der Waals surface area contributed by atoms with E-state index in [0.29, 0.717) is 0 Å². The highest BCUT2D eigenvalue weighted by molar-refractivity contribution is 9.09. The monoisotopic (exact) mass is 222 g/mol. The van der Waals surface area contributed by atoms with Crippen LogP contribution in [0.5, 0.6) is 0 Å². The van der Waals surface area contributed by atoms with Crippen molar-refractivity contribution < 1.29 is 4.74 Å². The lowest BCUT2D eigenvalue weighted by Gasteiger charge is -2.27. The van der Waals surface area contributed by atoms with E-state index in [2.05, 4.69) is 29.8 Å². The lowest BCUT2D eigenvalue weighted by Crippen LogP contribution is -2.30. The van der Waals surface area contributed by atoms with Gasteiger partial charge in [0.25, 0.3) is 0 Å². The highest BCUT2D eigenvalue weighted by Crippen LogP contribution is 2.20. The molecule has 0 saturated carbocycles. The van der Waals surface area contributed by atoms with Crippen LogP contribution in [0.15, 0.2) is 0 Å². The third-order valence-corrected chi connectivity index (χ3v) is 3.02. The largest absolute Gasteiger partial charge is 0.375 e. The molecule has 0 N–H and O–H groups in total. The number of hydrogen-bond donors (Lipinski definition) is 0. The second-order valence-corrected chi connectivity index (χ2v) is 3.68. The Bertz CT molecular complexity index is 95.6. The minimum Gasteiger partial charge on any atom is -0.375 e. The maximum atomic E-state index is 5.63. The summed E-state index contributed by atoms with van der Waals surface area (Å²) in [7, 11) is 0. The number of hydrogen-bond acceptors (Lipinski definition) is 1. The van der Waals surface area contributed by atoms with Crippen LogP contribution in [0.1, 0.15) is 40.0 Å². The summed E-state index contributed by atoms with van der Waals surface area (Å²) in [5.41, 5.74) is 0.0603. The Hall–Kier alpha value is 0.440. The first kappa shape index (κ1) is 11.4. The van der Waals surface area contributed by atoms with Crippen molar-refractivity contribution in [3.05, 3.63) is 0 Å². The molecule has 1 nitrogen and oxygen atoms in total. The van der Waals surface area contributed by atoms with Crippen LogP contribution in [0.4, 0.5) is 0 Å². The molecule has 11 heavy (non-hydrogen) atoms. The Morgan fingerprint density at radius 2 is 2.00 bits per heavy atom. The Morgan fingerprint density at radius 1 is 1.36 bits per heavy atom. The van der Waals surface area contributed by atoms with Gasteiger partial charge in [0.05, 0.1) is 5.60 Å². The Labute approximate surface area is 78.6 Å². The molecule has 0 spiro atoms. The molecule has 0 fully saturated rings. The van der Waals surface area contributed by atoms with Gasteiger partial charge in [0.2, 0.25) is 0 Å². The predicted molar refractivity (Wildman–Crippen MR) is 53.4 cm³/mol. The molecular formula is C9H19BrO. The average molecular weight is 223 g/mol. The van der Waals surface area contributed by atoms with Gasteiger partial charge in [0.15, 0.2) is 0 Å². The van der Waals surface area contributed by atoms with Crippen molar-refractivity contribution in [1.82, 2.24) is 0 Å². The van der Waals surface area contributed by atoms with Gasteiger partial charge in [-0.25, -0.2) is 0 Å². The molecule has 0 amide bonds. The van der Waals surface area contributed by atoms with Crippen molar-refractivity contribution in [1.29, 1.82) is 0 Å². The normalized spacial score (nSPS) is 16.4. The van der Waals surface area contributed by atoms with Crippen LogP contribution in [0.3, 0.4) is 0 Å². The third-order valence-electron chi connectivity index (χ3n) is 1.83. The van der Waals surface area contributed by atoms with Gasteiger partial charge < -0.3 is 4.74 Å². The predicted octanol–water partition coefficient (Wildman–Crippen LogP) is 3.37. The maximum Gasteiger partial charge on any atom is 0.0750 e. The van der Waals surface area contributed by atoms with Crippen molar-refractivity contribution in [3.8, 4) is 0 Å². The van der Waals surface area contributed by atoms with Gasteiger partial charge in [0, 0.05) is 11.9 Å². The van der Waals surface area contributed by atoms with Crippen LogP contribution in [-0.2, 0) is 4.74 Å². The fourth-order valence-corrected chi connectivity index (χ4v) is 1.52. The standard InChI is InChI=1S/C9H19BrO/c1-4-6-7-9(3,8-10)11-5-2/h4-8H2,1-3H3. The van der Waals surface area contributed by atoms with E-state index in [1.807, 2.05) is 6.92 Å². The molecule has 0 aliphatic carbocycles. The van der Waals surface area contributed by atoms with Gasteiger partial charge in [-0.05, 0) is 20.3 Å². The maximum absolute atomic E-state index is 5.63. The van der Waals surface area contributed by atoms with Gasteiger partial charge in [-0.1, -0.05) is 35.7 Å². The van der Waals surface area contributed by atoms with Gasteiger partial charge in [-0.2, -0.15) is 0 Å². The first-order valence-electron chi connectivity index (χ1n) is 4.38. The summed E-state index contributed by atoms with van der Waals surface area (Å²) in [4.78, 5) is 0. The molecule has 1 atom stereocenters. The summed E-state index contributed by atoms with van der Waals surface area (Å²) in [5.74, 6) is 0. The zero-order valence-electron chi connectivity index (χ0n) is 7.82. The molecule has 0 aliphatic heterocycles. The first-order valence-corrected chi connectivity index (χ1v) is 5.50. The summed E-state index contributed by atoms with van der Waals surface area (Å²) < 4.78 is 5.63. The van der Waals surface area contributed by atoms with Crippen LogP contribution in [0.25, 0.3) is 0 Å². The molecule has 68 valence electrons. The van der Waals surface area contributed by atoms with E-state index in [9.17, 15) is 0 Å². The smallest absolute Gasteiger partial charge is 0.0750 e. The molecule has 0 aliphatic rings. The van der Waals surface area contributed by atoms with Gasteiger partial charge in [-0.3, -0.25) is 0 Å². The van der Waals surface area contributed by atoms with Crippen LogP contribution < -0.4 is 0 Å². The molecule has 0 heterocycles. The molecular weight excluding hydrogens is 204 g/mol. The summed E-state index contributed by atoms with van der Waals surface area (Å²) >= 11 is 3.48. The quantitative estimate of drug-likeness (QED) is 0.627. The molecule has 0 aromatic carbocycles. The molecule has 0 aromatic rings. The minimum atomic E-state index is 0.0603. The second kappa shape index (κ2) is 6.01. The van der Waals surface area contributed by atoms with Gasteiger partial charge in [-0.15, -0.1) is 0 Å². The fraction of sp³-hybridized carbons (Fsp3) is 1.00. The van der Waals surface area contributed by atoms with Gasteiger partial charge >= 0.3 is 0 Å². The molecule has 0 rings (SSSR count). The zero-order valence-corrected chi connectivity index (χ0v) is 9.41. The summed E-state index contributed by atoms with van der Waals surface area (Å²) in [6, 6.07) is 0. The van der Waals surface area contributed by atoms with Crippen molar-refractivity contribution >= 4 is 15.9 Å². The number of alkyl halides is 1. The molecule has 0 radical (unpaired) electrons. The molecule has 2 heteroatoms. The zero-order chi connectivity index (χ0) is 8.74. The van der Waals surface area contributed by atoms with Crippen LogP contribution >= 0.6 is 15.9 Å². The Balaban J connectivity index is 3.68. The summed E-state index contributed by atoms with van der Waals surface area (Å²) in [5, 5.41) is 0.938. The third kappa shape index (κ3) is 4.81. The van der Waals surface area contributed by atoms with Crippen LogP contribution in [0.2, 0.25) is 0 Å². The minimum absolute atomic E-state index is 0.0603. The highest BCUT2D eigenvalue weighted by Gasteiger charge is 2.21. The van der Waals surface area contributed by atoms with E-state index in [-0.39, 0.29) is 5.60 Å². The summed E-state index contributed by atoms with van der Waals surface area (Å²) in [6.07, 6.45) is 3.65. The van der Waals surface area contributed by atoms with E-state index in [4.69, 9.17) is 4.74 Å². The summed E-state index contributed by atoms with van der Waals surface area (Å²) in [6.45, 7) is 7.24. The Kier molecular flexibility index (Phi) is 6.25. The van der Waals surface area contributed by atoms with Crippen molar-refractivity contribution in [2.45, 2.75) is 45.6 Å². The lowest BCUT2D eigenvalue weighted by molar-refractivity contribution is -0.0126. The van der Waals surface area contributed by atoms with Crippen LogP contribution in [-0.4, -0.2) is 17.5 Å². The van der Waals surface area contributed by atoms with E-state index in [0.717, 1.165) is 18.4 Å². The van der Waals surface area contributed by atoms with Crippen LogP contribution in [0, 0.1) is 0 Å². The number of ether oxygens (including phenoxy) is 1. The Morgan fingerprint density at radius 3 is 2.36 bits per heavy atom. The van der Waals surface area contributed by atoms with Crippen molar-refractivity contribution in [3.63, 3.8) is 0 Å². The van der Waals surface area contributed by atoms with Crippen molar-refractivity contribution in [2.24, 2.45) is 0 Å². The molecule has 0 bridgehead atoms. The van der Waals surface area contributed by atoms with Crippen molar-refractivity contribution in [2.75, 3.05) is 11.9 Å². The topological polar surface area (TPSA) is 9.23 Å². The molecule has 1 unspecified atom stereocenters. The number of unbranched alkanes of at least 4 members (excludes halogenated alkanes) is 1. The van der Waals surface area contributed by atoms with E-state index < -0.39 is 0 Å². The highest BCUT2D eigenvalue weighted by atomic mass is 79.9. The number of rotatable bonds is 6. The van der Waals surface area contributed by atoms with Gasteiger partial charge in [0.1, 0.15) is 0 Å². The van der Waals surface area contributed by atoms with E-state index in [1.54, 1.807) is 0 Å². The lowest BCUT2D eigenvalue weighted by atomic mass is 10.0. The number of halogens is 1. The molecule has 0 aromatic heterocycles. The van der Waals surface area contributed by atoms with E-state index >= 15 is 0 Å². The fourth-order valence-electron chi connectivity index (χ4n) is 1.08.